The lowest BCUT2D eigenvalue weighted by Crippen LogP contribution is -2.08. The lowest BCUT2D eigenvalue weighted by Gasteiger charge is -2.01. The van der Waals surface area contributed by atoms with Gasteiger partial charge >= 0.3 is 0 Å². The Morgan fingerprint density at radius 3 is 2.62 bits per heavy atom. The molecule has 16 heavy (non-hydrogen) atoms. The predicted molar refractivity (Wildman–Crippen MR) is 69.5 cm³/mol. The average molecular weight is 247 g/mol. The first-order valence-electron chi connectivity index (χ1n) is 4.91. The molecule has 0 atom stereocenters. The van der Waals surface area contributed by atoms with Gasteiger partial charge in [-0.15, -0.1) is 0 Å². The highest BCUT2D eigenvalue weighted by Crippen LogP contribution is 2.42. The second-order valence-corrected chi connectivity index (χ2v) is 5.80. The van der Waals surface area contributed by atoms with Crippen LogP contribution in [0.3, 0.4) is 0 Å². The van der Waals surface area contributed by atoms with E-state index in [-0.39, 0.29) is 5.56 Å². The second kappa shape index (κ2) is 3.57. The van der Waals surface area contributed by atoms with Crippen LogP contribution < -0.4 is 5.56 Å². The van der Waals surface area contributed by atoms with Crippen LogP contribution in [-0.4, -0.2) is 4.57 Å². The molecule has 4 heteroatoms. The van der Waals surface area contributed by atoms with Gasteiger partial charge in [-0.05, 0) is 5.56 Å². The molecule has 0 amide bonds. The Balaban J connectivity index is 2.30. The second-order valence-electron chi connectivity index (χ2n) is 3.62. The van der Waals surface area contributed by atoms with Gasteiger partial charge in [0.2, 0.25) is 0 Å². The molecule has 0 saturated heterocycles. The molecule has 2 aliphatic heterocycles. The molecule has 3 rings (SSSR count). The van der Waals surface area contributed by atoms with Crippen LogP contribution in [0.15, 0.2) is 41.2 Å². The van der Waals surface area contributed by atoms with Crippen LogP contribution in [0, 0.1) is 0 Å². The molecule has 80 valence electrons. The van der Waals surface area contributed by atoms with Gasteiger partial charge in [0.25, 0.3) is 5.56 Å². The van der Waals surface area contributed by atoms with Gasteiger partial charge in [0.15, 0.2) is 0 Å². The van der Waals surface area contributed by atoms with Crippen molar-refractivity contribution in [3.8, 4) is 21.0 Å². The number of hydrogen-bond donors (Lipinski definition) is 0. The summed E-state index contributed by atoms with van der Waals surface area (Å²) in [6.07, 6.45) is 0. The normalized spacial score (nSPS) is 11.1. The molecule has 0 fully saturated rings. The minimum absolute atomic E-state index is 0.0752. The summed E-state index contributed by atoms with van der Waals surface area (Å²) in [5, 5.41) is 0. The smallest absolute Gasteiger partial charge is 0.252 e. The van der Waals surface area contributed by atoms with Crippen LogP contribution in [0.5, 0.6) is 0 Å². The van der Waals surface area contributed by atoms with Crippen LogP contribution in [0.1, 0.15) is 0 Å². The van der Waals surface area contributed by atoms with E-state index in [0.29, 0.717) is 0 Å². The number of rotatable bonds is 1. The summed E-state index contributed by atoms with van der Waals surface area (Å²) in [4.78, 5) is 13.8. The Hall–Kier alpha value is -1.39. The van der Waals surface area contributed by atoms with Crippen molar-refractivity contribution in [1.82, 2.24) is 4.57 Å². The summed E-state index contributed by atoms with van der Waals surface area (Å²) in [6, 6.07) is 11.9. The molecular weight excluding hydrogens is 238 g/mol. The van der Waals surface area contributed by atoms with Gasteiger partial charge in [-0.25, -0.2) is 0 Å². The van der Waals surface area contributed by atoms with Gasteiger partial charge < -0.3 is 4.57 Å². The first-order valence-corrected chi connectivity index (χ1v) is 7.06. The lowest BCUT2D eigenvalue weighted by atomic mass is 10.1. The minimum atomic E-state index is 0.0752. The zero-order valence-corrected chi connectivity index (χ0v) is 10.3. The van der Waals surface area contributed by atoms with E-state index in [4.69, 9.17) is 0 Å². The van der Waals surface area contributed by atoms with Crippen molar-refractivity contribution in [2.75, 3.05) is 0 Å². The van der Waals surface area contributed by atoms with Crippen molar-refractivity contribution < 1.29 is 0 Å². The Bertz CT molecular complexity index is 648. The maximum Gasteiger partial charge on any atom is 0.252 e. The number of hydrogen-bond acceptors (Lipinski definition) is 3. The average Bonchev–Trinajstić information content (AvgIpc) is 2.83. The molecule has 0 N–H and O–H groups in total. The topological polar surface area (TPSA) is 22.0 Å². The van der Waals surface area contributed by atoms with Gasteiger partial charge in [0.05, 0.1) is 15.4 Å². The monoisotopic (exact) mass is 247 g/mol. The van der Waals surface area contributed by atoms with Gasteiger partial charge in [0.1, 0.15) is 0 Å². The van der Waals surface area contributed by atoms with E-state index >= 15 is 0 Å². The molecule has 0 saturated carbocycles. The van der Waals surface area contributed by atoms with E-state index < -0.39 is 0 Å². The van der Waals surface area contributed by atoms with Crippen molar-refractivity contribution in [1.29, 1.82) is 0 Å². The van der Waals surface area contributed by atoms with Gasteiger partial charge in [0, 0.05) is 13.1 Å². The summed E-state index contributed by atoms with van der Waals surface area (Å²) in [5.41, 5.74) is 2.32. The third-order valence-electron chi connectivity index (χ3n) is 2.62. The fourth-order valence-corrected chi connectivity index (χ4v) is 4.47. The van der Waals surface area contributed by atoms with Crippen LogP contribution in [0.25, 0.3) is 21.0 Å². The van der Waals surface area contributed by atoms with E-state index in [1.807, 2.05) is 25.2 Å². The molecule has 0 radical (unpaired) electrons. The summed E-state index contributed by atoms with van der Waals surface area (Å²) in [6.45, 7) is 0. The van der Waals surface area contributed by atoms with E-state index in [1.165, 1.54) is 10.4 Å². The number of nitrogens with zero attached hydrogens (tertiary/aromatic N) is 1. The Morgan fingerprint density at radius 2 is 1.88 bits per heavy atom. The number of benzene rings is 1. The first kappa shape index (κ1) is 9.81. The van der Waals surface area contributed by atoms with Crippen molar-refractivity contribution in [2.45, 2.75) is 0 Å². The van der Waals surface area contributed by atoms with Crippen LogP contribution in [0.4, 0.5) is 0 Å². The summed E-state index contributed by atoms with van der Waals surface area (Å²) in [7, 11) is 5.22. The van der Waals surface area contributed by atoms with Gasteiger partial charge in [-0.1, -0.05) is 51.0 Å². The van der Waals surface area contributed by atoms with Crippen molar-refractivity contribution >= 4 is 20.7 Å². The highest BCUT2D eigenvalue weighted by atomic mass is 32.9. The quantitative estimate of drug-likeness (QED) is 0.605. The van der Waals surface area contributed by atoms with E-state index in [0.717, 1.165) is 10.6 Å². The lowest BCUT2D eigenvalue weighted by molar-refractivity contribution is 0.901. The van der Waals surface area contributed by atoms with Crippen molar-refractivity contribution in [3.63, 3.8) is 0 Å². The summed E-state index contributed by atoms with van der Waals surface area (Å²) < 4.78 is 1.73. The molecule has 2 aliphatic rings. The maximum atomic E-state index is 11.6. The molecule has 1 aromatic rings. The Labute approximate surface area is 100 Å². The number of fused-ring (bicyclic) bond motifs is 1. The number of aromatic nitrogens is 1. The van der Waals surface area contributed by atoms with E-state index in [1.54, 1.807) is 31.3 Å². The van der Waals surface area contributed by atoms with Crippen molar-refractivity contribution in [2.24, 2.45) is 7.05 Å². The highest BCUT2D eigenvalue weighted by Gasteiger charge is 2.18. The fraction of sp³-hybridized carbons (Fsp3) is 0.0833. The molecule has 2 heterocycles. The fourth-order valence-electron chi connectivity index (χ4n) is 1.78. The molecule has 0 unspecified atom stereocenters. The highest BCUT2D eigenvalue weighted by molar-refractivity contribution is 7.72. The largest absolute Gasteiger partial charge is 0.309 e. The predicted octanol–water partition coefficient (Wildman–Crippen LogP) is 3.28. The summed E-state index contributed by atoms with van der Waals surface area (Å²) >= 11 is 0. The van der Waals surface area contributed by atoms with Crippen LogP contribution in [-0.2, 0) is 7.05 Å². The molecule has 0 spiro atoms. The maximum absolute atomic E-state index is 11.6. The Kier molecular flexibility index (Phi) is 2.19. The van der Waals surface area contributed by atoms with E-state index in [9.17, 15) is 4.79 Å². The van der Waals surface area contributed by atoms with E-state index in [2.05, 4.69) is 12.1 Å². The third kappa shape index (κ3) is 1.34. The first-order chi connectivity index (χ1) is 7.77. The molecular formula is C12H9NOS2. The van der Waals surface area contributed by atoms with Crippen LogP contribution >= 0.6 is 20.7 Å². The minimum Gasteiger partial charge on any atom is -0.309 e. The summed E-state index contributed by atoms with van der Waals surface area (Å²) in [5.74, 6) is 0. The van der Waals surface area contributed by atoms with Gasteiger partial charge in [-0.3, -0.25) is 4.79 Å². The third-order valence-corrected chi connectivity index (χ3v) is 5.08. The molecule has 0 aliphatic carbocycles. The molecule has 0 aromatic heterocycles. The van der Waals surface area contributed by atoms with Crippen LogP contribution in [0.2, 0.25) is 0 Å². The molecule has 1 aromatic carbocycles. The Morgan fingerprint density at radius 1 is 1.12 bits per heavy atom. The van der Waals surface area contributed by atoms with Gasteiger partial charge in [-0.2, -0.15) is 0 Å². The SMILES string of the molecule is Cn1c2c(-c3ccccc3)ssc-2cc1=O. The molecule has 2 nitrogen and oxygen atoms in total. The van der Waals surface area contributed by atoms with Crippen molar-refractivity contribution in [3.05, 3.63) is 46.8 Å². The standard InChI is InChI=1S/C12H9NOS2/c1-13-10(14)7-9-11(13)12(16-15-9)8-5-3-2-4-6-8/h2-7H,1H3. The zero-order chi connectivity index (χ0) is 11.1. The zero-order valence-electron chi connectivity index (χ0n) is 8.64. The molecule has 0 bridgehead atoms.